The molecule has 6 nitrogen and oxygen atoms in total. The highest BCUT2D eigenvalue weighted by Gasteiger charge is 2.38. The summed E-state index contributed by atoms with van der Waals surface area (Å²) in [6.07, 6.45) is -1.12. The largest absolute Gasteiger partial charge is 0.497 e. The van der Waals surface area contributed by atoms with Crippen LogP contribution in [0.4, 0.5) is 0 Å². The van der Waals surface area contributed by atoms with Gasteiger partial charge in [0.2, 0.25) is 0 Å². The molecule has 2 rings (SSSR count). The van der Waals surface area contributed by atoms with Gasteiger partial charge in [-0.25, -0.2) is 0 Å². The average molecular weight is 296 g/mol. The summed E-state index contributed by atoms with van der Waals surface area (Å²) in [5.74, 6) is 1.00. The van der Waals surface area contributed by atoms with E-state index >= 15 is 0 Å². The molecule has 1 saturated heterocycles. The summed E-state index contributed by atoms with van der Waals surface area (Å²) in [4.78, 5) is 11.5. The topological polar surface area (TPSA) is 63.2 Å². The number of methoxy groups -OCH3 is 3. The highest BCUT2D eigenvalue weighted by Crippen LogP contribution is 2.40. The van der Waals surface area contributed by atoms with Crippen molar-refractivity contribution < 1.29 is 28.5 Å². The number of esters is 1. The molecule has 0 bridgehead atoms. The zero-order valence-corrected chi connectivity index (χ0v) is 12.6. The third kappa shape index (κ3) is 3.46. The molecule has 3 atom stereocenters. The lowest BCUT2D eigenvalue weighted by atomic mass is 10.0. The Labute approximate surface area is 123 Å². The summed E-state index contributed by atoms with van der Waals surface area (Å²) < 4.78 is 26.7. The zero-order valence-electron chi connectivity index (χ0n) is 12.6. The summed E-state index contributed by atoms with van der Waals surface area (Å²) in [5, 5.41) is 0. The standard InChI is InChI=1S/C15H20O6/c1-9-20-13(8-14(16)19-4)15(21-9)11-7-10(17-2)5-6-12(11)18-3/h5-7,9,13,15H,8H2,1-4H3/t9-,13-,15-/m1/s1. The minimum Gasteiger partial charge on any atom is -0.497 e. The Morgan fingerprint density at radius 3 is 2.57 bits per heavy atom. The molecule has 0 unspecified atom stereocenters. The molecule has 0 N–H and O–H groups in total. The van der Waals surface area contributed by atoms with Gasteiger partial charge in [0, 0.05) is 5.56 Å². The van der Waals surface area contributed by atoms with Gasteiger partial charge in [-0.15, -0.1) is 0 Å². The smallest absolute Gasteiger partial charge is 0.308 e. The lowest BCUT2D eigenvalue weighted by molar-refractivity contribution is -0.143. The molecule has 0 radical (unpaired) electrons. The van der Waals surface area contributed by atoms with E-state index in [9.17, 15) is 4.79 Å². The molecule has 0 spiro atoms. The van der Waals surface area contributed by atoms with Crippen LogP contribution in [-0.2, 0) is 19.0 Å². The number of hydrogen-bond acceptors (Lipinski definition) is 6. The Bertz CT molecular complexity index is 501. The number of ether oxygens (including phenoxy) is 5. The van der Waals surface area contributed by atoms with Crippen molar-refractivity contribution in [3.8, 4) is 11.5 Å². The van der Waals surface area contributed by atoms with E-state index in [0.717, 1.165) is 5.56 Å². The van der Waals surface area contributed by atoms with E-state index in [2.05, 4.69) is 0 Å². The van der Waals surface area contributed by atoms with Gasteiger partial charge in [0.15, 0.2) is 6.29 Å². The molecule has 0 amide bonds. The van der Waals surface area contributed by atoms with Crippen LogP contribution in [-0.4, -0.2) is 39.7 Å². The Balaban J connectivity index is 2.31. The van der Waals surface area contributed by atoms with Gasteiger partial charge in [-0.3, -0.25) is 4.79 Å². The minimum absolute atomic E-state index is 0.117. The van der Waals surface area contributed by atoms with Crippen LogP contribution in [0.1, 0.15) is 25.0 Å². The summed E-state index contributed by atoms with van der Waals surface area (Å²) in [7, 11) is 4.52. The zero-order chi connectivity index (χ0) is 15.4. The Morgan fingerprint density at radius 2 is 1.95 bits per heavy atom. The van der Waals surface area contributed by atoms with Gasteiger partial charge >= 0.3 is 5.97 Å². The number of carbonyl (C=O) groups excluding carboxylic acids is 1. The molecule has 0 saturated carbocycles. The lowest BCUT2D eigenvalue weighted by Gasteiger charge is -2.19. The van der Waals surface area contributed by atoms with Crippen LogP contribution in [0.3, 0.4) is 0 Å². The molecule has 1 aromatic carbocycles. The molecule has 21 heavy (non-hydrogen) atoms. The van der Waals surface area contributed by atoms with Crippen molar-refractivity contribution >= 4 is 5.97 Å². The number of hydrogen-bond donors (Lipinski definition) is 0. The second kappa shape index (κ2) is 6.78. The summed E-state index contributed by atoms with van der Waals surface area (Å²) in [6, 6.07) is 5.43. The van der Waals surface area contributed by atoms with Gasteiger partial charge in [0.1, 0.15) is 23.7 Å². The first-order valence-electron chi connectivity index (χ1n) is 6.68. The van der Waals surface area contributed by atoms with Crippen LogP contribution in [0.25, 0.3) is 0 Å². The van der Waals surface area contributed by atoms with Crippen LogP contribution in [0, 0.1) is 0 Å². The summed E-state index contributed by atoms with van der Waals surface area (Å²) >= 11 is 0. The van der Waals surface area contributed by atoms with E-state index < -0.39 is 18.5 Å². The molecule has 1 fully saturated rings. The number of carbonyl (C=O) groups is 1. The van der Waals surface area contributed by atoms with E-state index in [0.29, 0.717) is 11.5 Å². The van der Waals surface area contributed by atoms with E-state index in [1.165, 1.54) is 7.11 Å². The average Bonchev–Trinajstić information content (AvgIpc) is 2.86. The second-order valence-electron chi connectivity index (χ2n) is 4.69. The van der Waals surface area contributed by atoms with Crippen molar-refractivity contribution in [2.45, 2.75) is 31.8 Å². The van der Waals surface area contributed by atoms with E-state index in [4.69, 9.17) is 23.7 Å². The summed E-state index contributed by atoms with van der Waals surface area (Å²) in [6.45, 7) is 1.79. The fourth-order valence-corrected chi connectivity index (χ4v) is 2.38. The number of rotatable bonds is 5. The molecule has 1 aliphatic rings. The number of benzene rings is 1. The molecular formula is C15H20O6. The first kappa shape index (κ1) is 15.6. The molecular weight excluding hydrogens is 276 g/mol. The molecule has 1 aliphatic heterocycles. The monoisotopic (exact) mass is 296 g/mol. The predicted octanol–water partition coefficient (Wildman–Crippen LogP) is 2.07. The fourth-order valence-electron chi connectivity index (χ4n) is 2.38. The van der Waals surface area contributed by atoms with Crippen LogP contribution in [0.5, 0.6) is 11.5 Å². The first-order chi connectivity index (χ1) is 10.1. The molecule has 1 aromatic rings. The van der Waals surface area contributed by atoms with Crippen molar-refractivity contribution in [3.05, 3.63) is 23.8 Å². The Kier molecular flexibility index (Phi) is 5.03. The van der Waals surface area contributed by atoms with Gasteiger partial charge in [-0.05, 0) is 25.1 Å². The normalized spacial score (nSPS) is 24.7. The van der Waals surface area contributed by atoms with Crippen molar-refractivity contribution in [2.75, 3.05) is 21.3 Å². The van der Waals surface area contributed by atoms with Crippen molar-refractivity contribution in [1.82, 2.24) is 0 Å². The van der Waals surface area contributed by atoms with Crippen LogP contribution >= 0.6 is 0 Å². The SMILES string of the molecule is COC(=O)C[C@H]1O[C@@H](C)O[C@@H]1c1cc(OC)ccc1OC. The van der Waals surface area contributed by atoms with Crippen LogP contribution in [0.2, 0.25) is 0 Å². The van der Waals surface area contributed by atoms with Crippen molar-refractivity contribution in [2.24, 2.45) is 0 Å². The van der Waals surface area contributed by atoms with Crippen LogP contribution < -0.4 is 9.47 Å². The molecule has 116 valence electrons. The van der Waals surface area contributed by atoms with Gasteiger partial charge in [0.05, 0.1) is 27.8 Å². The van der Waals surface area contributed by atoms with Gasteiger partial charge in [-0.2, -0.15) is 0 Å². The third-order valence-electron chi connectivity index (χ3n) is 3.38. The lowest BCUT2D eigenvalue weighted by Crippen LogP contribution is -2.21. The van der Waals surface area contributed by atoms with E-state index in [1.807, 2.05) is 6.07 Å². The van der Waals surface area contributed by atoms with Gasteiger partial charge in [0.25, 0.3) is 0 Å². The second-order valence-corrected chi connectivity index (χ2v) is 4.69. The third-order valence-corrected chi connectivity index (χ3v) is 3.38. The van der Waals surface area contributed by atoms with E-state index in [-0.39, 0.29) is 12.4 Å². The highest BCUT2D eigenvalue weighted by molar-refractivity contribution is 5.70. The molecule has 0 aliphatic carbocycles. The maximum Gasteiger partial charge on any atom is 0.308 e. The van der Waals surface area contributed by atoms with Gasteiger partial charge < -0.3 is 23.7 Å². The Hall–Kier alpha value is -1.79. The summed E-state index contributed by atoms with van der Waals surface area (Å²) in [5.41, 5.74) is 0.787. The van der Waals surface area contributed by atoms with Crippen LogP contribution in [0.15, 0.2) is 18.2 Å². The van der Waals surface area contributed by atoms with Crippen molar-refractivity contribution in [1.29, 1.82) is 0 Å². The first-order valence-corrected chi connectivity index (χ1v) is 6.68. The predicted molar refractivity (Wildman–Crippen MR) is 74.3 cm³/mol. The minimum atomic E-state index is -0.423. The Morgan fingerprint density at radius 1 is 1.19 bits per heavy atom. The van der Waals surface area contributed by atoms with E-state index in [1.54, 1.807) is 33.3 Å². The maximum atomic E-state index is 11.5. The maximum absolute atomic E-state index is 11.5. The van der Waals surface area contributed by atoms with Crippen molar-refractivity contribution in [3.63, 3.8) is 0 Å². The molecule has 1 heterocycles. The molecule has 6 heteroatoms. The highest BCUT2D eigenvalue weighted by atomic mass is 16.7. The quantitative estimate of drug-likeness (QED) is 0.775. The molecule has 0 aromatic heterocycles. The fraction of sp³-hybridized carbons (Fsp3) is 0.533. The van der Waals surface area contributed by atoms with Gasteiger partial charge in [-0.1, -0.05) is 0 Å².